The van der Waals surface area contributed by atoms with Gasteiger partial charge in [-0.2, -0.15) is 0 Å². The number of nitrogens with one attached hydrogen (secondary N) is 1. The summed E-state index contributed by atoms with van der Waals surface area (Å²) in [6.45, 7) is 5.28. The summed E-state index contributed by atoms with van der Waals surface area (Å²) in [6.07, 6.45) is -0.0692. The monoisotopic (exact) mass is 262 g/mol. The number of rotatable bonds is 3. The SMILES string of the molecule is Cc1ccc(C)c(CC(=O)N(C)[C@H]2CNC[C@@H]2O)c1. The lowest BCUT2D eigenvalue weighted by molar-refractivity contribution is -0.132. The van der Waals surface area contributed by atoms with Crippen molar-refractivity contribution in [2.75, 3.05) is 20.1 Å². The molecule has 0 spiro atoms. The van der Waals surface area contributed by atoms with Crippen LogP contribution in [-0.2, 0) is 11.2 Å². The topological polar surface area (TPSA) is 52.6 Å². The van der Waals surface area contributed by atoms with Crippen LogP contribution < -0.4 is 5.32 Å². The maximum atomic E-state index is 12.3. The molecular formula is C15H22N2O2. The lowest BCUT2D eigenvalue weighted by atomic mass is 10.0. The van der Waals surface area contributed by atoms with Crippen molar-refractivity contribution in [2.24, 2.45) is 0 Å². The third-order valence-electron chi connectivity index (χ3n) is 3.89. The van der Waals surface area contributed by atoms with Crippen LogP contribution in [0.1, 0.15) is 16.7 Å². The van der Waals surface area contributed by atoms with Gasteiger partial charge in [-0.1, -0.05) is 23.8 Å². The highest BCUT2D eigenvalue weighted by atomic mass is 16.3. The fourth-order valence-electron chi connectivity index (χ4n) is 2.51. The summed E-state index contributed by atoms with van der Waals surface area (Å²) >= 11 is 0. The van der Waals surface area contributed by atoms with Crippen molar-refractivity contribution in [1.29, 1.82) is 0 Å². The van der Waals surface area contributed by atoms with Gasteiger partial charge in [0.2, 0.25) is 5.91 Å². The average molecular weight is 262 g/mol. The Morgan fingerprint density at radius 2 is 2.16 bits per heavy atom. The molecule has 1 aliphatic rings. The number of carbonyl (C=O) groups is 1. The molecule has 4 nitrogen and oxygen atoms in total. The van der Waals surface area contributed by atoms with E-state index in [0.717, 1.165) is 11.1 Å². The van der Waals surface area contributed by atoms with Gasteiger partial charge in [0.05, 0.1) is 18.6 Å². The predicted octanol–water partition coefficient (Wildman–Crippen LogP) is 0.637. The summed E-state index contributed by atoms with van der Waals surface area (Å²) in [5.74, 6) is 0.0569. The summed E-state index contributed by atoms with van der Waals surface area (Å²) in [5.41, 5.74) is 3.37. The van der Waals surface area contributed by atoms with Gasteiger partial charge in [-0.3, -0.25) is 4.79 Å². The van der Waals surface area contributed by atoms with Crippen molar-refractivity contribution in [3.63, 3.8) is 0 Å². The summed E-state index contributed by atoms with van der Waals surface area (Å²) in [7, 11) is 1.77. The smallest absolute Gasteiger partial charge is 0.227 e. The molecule has 0 bridgehead atoms. The fraction of sp³-hybridized carbons (Fsp3) is 0.533. The largest absolute Gasteiger partial charge is 0.390 e. The van der Waals surface area contributed by atoms with Gasteiger partial charge in [0.15, 0.2) is 0 Å². The van der Waals surface area contributed by atoms with E-state index in [4.69, 9.17) is 0 Å². The molecule has 0 unspecified atom stereocenters. The quantitative estimate of drug-likeness (QED) is 0.840. The zero-order valence-corrected chi connectivity index (χ0v) is 11.8. The van der Waals surface area contributed by atoms with Gasteiger partial charge >= 0.3 is 0 Å². The van der Waals surface area contributed by atoms with E-state index in [1.807, 2.05) is 19.9 Å². The summed E-state index contributed by atoms with van der Waals surface area (Å²) in [6, 6.07) is 6.05. The summed E-state index contributed by atoms with van der Waals surface area (Å²) in [5, 5.41) is 12.9. The molecule has 2 atom stereocenters. The lowest BCUT2D eigenvalue weighted by Gasteiger charge is -2.26. The predicted molar refractivity (Wildman–Crippen MR) is 75.1 cm³/mol. The molecule has 2 rings (SSSR count). The van der Waals surface area contributed by atoms with E-state index in [2.05, 4.69) is 17.4 Å². The first kappa shape index (κ1) is 14.0. The molecule has 1 saturated heterocycles. The number of β-amino-alcohol motifs (C(OH)–C–C–N with tert-alkyl or cyclic N) is 1. The van der Waals surface area contributed by atoms with Crippen LogP contribution >= 0.6 is 0 Å². The number of aliphatic hydroxyl groups is 1. The number of hydrogen-bond donors (Lipinski definition) is 2. The van der Waals surface area contributed by atoms with Crippen LogP contribution in [0.4, 0.5) is 0 Å². The molecular weight excluding hydrogens is 240 g/mol. The minimum absolute atomic E-state index is 0.0569. The number of nitrogens with zero attached hydrogens (tertiary/aromatic N) is 1. The van der Waals surface area contributed by atoms with Crippen molar-refractivity contribution < 1.29 is 9.90 Å². The average Bonchev–Trinajstić information content (AvgIpc) is 2.79. The summed E-state index contributed by atoms with van der Waals surface area (Å²) in [4.78, 5) is 14.0. The van der Waals surface area contributed by atoms with Crippen LogP contribution in [0, 0.1) is 13.8 Å². The normalized spacial score (nSPS) is 22.5. The number of likely N-dealkylation sites (N-methyl/N-ethyl adjacent to an activating group) is 1. The zero-order valence-electron chi connectivity index (χ0n) is 11.8. The van der Waals surface area contributed by atoms with E-state index < -0.39 is 6.10 Å². The second kappa shape index (κ2) is 5.72. The number of carbonyl (C=O) groups excluding carboxylic acids is 1. The minimum Gasteiger partial charge on any atom is -0.390 e. The Balaban J connectivity index is 2.06. The van der Waals surface area contributed by atoms with Crippen LogP contribution in [0.3, 0.4) is 0 Å². The van der Waals surface area contributed by atoms with Gasteiger partial charge in [-0.15, -0.1) is 0 Å². The van der Waals surface area contributed by atoms with Crippen molar-refractivity contribution >= 4 is 5.91 Å². The Bertz CT molecular complexity index is 473. The van der Waals surface area contributed by atoms with Gasteiger partial charge in [0, 0.05) is 20.1 Å². The third-order valence-corrected chi connectivity index (χ3v) is 3.89. The Morgan fingerprint density at radius 1 is 1.42 bits per heavy atom. The highest BCUT2D eigenvalue weighted by Gasteiger charge is 2.31. The third kappa shape index (κ3) is 3.14. The molecule has 1 aliphatic heterocycles. The number of hydrogen-bond acceptors (Lipinski definition) is 3. The minimum atomic E-state index is -0.465. The molecule has 1 amide bonds. The highest BCUT2D eigenvalue weighted by molar-refractivity contribution is 5.79. The van der Waals surface area contributed by atoms with Gasteiger partial charge in [0.25, 0.3) is 0 Å². The van der Waals surface area contributed by atoms with Crippen molar-refractivity contribution in [2.45, 2.75) is 32.4 Å². The first-order valence-electron chi connectivity index (χ1n) is 6.69. The maximum absolute atomic E-state index is 12.3. The standard InChI is InChI=1S/C15H22N2O2/c1-10-4-5-11(2)12(6-10)7-15(19)17(3)13-8-16-9-14(13)18/h4-6,13-14,16,18H,7-9H2,1-3H3/t13-,14-/m0/s1. The number of aliphatic hydroxyl groups excluding tert-OH is 1. The molecule has 1 fully saturated rings. The Hall–Kier alpha value is -1.39. The van der Waals surface area contributed by atoms with E-state index in [9.17, 15) is 9.90 Å². The molecule has 19 heavy (non-hydrogen) atoms. The Kier molecular flexibility index (Phi) is 4.22. The Morgan fingerprint density at radius 3 is 2.79 bits per heavy atom. The van der Waals surface area contributed by atoms with E-state index in [1.165, 1.54) is 5.56 Å². The highest BCUT2D eigenvalue weighted by Crippen LogP contribution is 2.14. The van der Waals surface area contributed by atoms with Crippen LogP contribution in [0.15, 0.2) is 18.2 Å². The molecule has 104 valence electrons. The first-order valence-corrected chi connectivity index (χ1v) is 6.69. The van der Waals surface area contributed by atoms with Gasteiger partial charge in [-0.05, 0) is 25.0 Å². The number of benzene rings is 1. The molecule has 0 saturated carbocycles. The van der Waals surface area contributed by atoms with Crippen LogP contribution in [0.25, 0.3) is 0 Å². The fourth-order valence-corrected chi connectivity index (χ4v) is 2.51. The molecule has 1 heterocycles. The molecule has 0 aromatic heterocycles. The van der Waals surface area contributed by atoms with Crippen molar-refractivity contribution in [3.05, 3.63) is 34.9 Å². The number of amides is 1. The van der Waals surface area contributed by atoms with E-state index in [-0.39, 0.29) is 11.9 Å². The molecule has 4 heteroatoms. The van der Waals surface area contributed by atoms with Gasteiger partial charge in [-0.25, -0.2) is 0 Å². The first-order chi connectivity index (χ1) is 8.99. The Labute approximate surface area is 114 Å². The van der Waals surface area contributed by atoms with Crippen LogP contribution in [-0.4, -0.2) is 48.2 Å². The van der Waals surface area contributed by atoms with Gasteiger partial charge < -0.3 is 15.3 Å². The van der Waals surface area contributed by atoms with Crippen LogP contribution in [0.5, 0.6) is 0 Å². The van der Waals surface area contributed by atoms with E-state index in [0.29, 0.717) is 19.5 Å². The molecule has 0 aliphatic carbocycles. The van der Waals surface area contributed by atoms with Crippen molar-refractivity contribution in [1.82, 2.24) is 10.2 Å². The second-order valence-corrected chi connectivity index (χ2v) is 5.40. The molecule has 2 N–H and O–H groups in total. The zero-order chi connectivity index (χ0) is 14.0. The maximum Gasteiger partial charge on any atom is 0.227 e. The van der Waals surface area contributed by atoms with Crippen LogP contribution in [0.2, 0.25) is 0 Å². The molecule has 1 aromatic carbocycles. The van der Waals surface area contributed by atoms with E-state index >= 15 is 0 Å². The van der Waals surface area contributed by atoms with Gasteiger partial charge in [0.1, 0.15) is 0 Å². The lowest BCUT2D eigenvalue weighted by Crippen LogP contribution is -2.44. The molecule has 1 aromatic rings. The number of aryl methyl sites for hydroxylation is 2. The van der Waals surface area contributed by atoms with E-state index in [1.54, 1.807) is 11.9 Å². The summed E-state index contributed by atoms with van der Waals surface area (Å²) < 4.78 is 0. The second-order valence-electron chi connectivity index (χ2n) is 5.40. The van der Waals surface area contributed by atoms with Crippen molar-refractivity contribution in [3.8, 4) is 0 Å². The molecule has 0 radical (unpaired) electrons.